The number of allylic oxidation sites excluding steroid dienone is 19. The number of rotatable bonds is 42. The summed E-state index contributed by atoms with van der Waals surface area (Å²) >= 11 is 0. The summed E-state index contributed by atoms with van der Waals surface area (Å²) in [5.74, 6) is -0.330. The van der Waals surface area contributed by atoms with E-state index in [0.29, 0.717) is 12.8 Å². The van der Waals surface area contributed by atoms with Crippen LogP contribution in [0, 0.1) is 0 Å². The van der Waals surface area contributed by atoms with Crippen molar-refractivity contribution < 1.29 is 89.4 Å². The van der Waals surface area contributed by atoms with Crippen LogP contribution in [-0.4, -0.2) is 193 Å². The molecule has 3 aliphatic rings. The van der Waals surface area contributed by atoms with Crippen LogP contribution in [0.15, 0.2) is 122 Å². The van der Waals surface area contributed by atoms with Crippen molar-refractivity contribution >= 4 is 5.91 Å². The molecule has 0 spiro atoms. The van der Waals surface area contributed by atoms with Gasteiger partial charge in [-0.2, -0.15) is 0 Å². The van der Waals surface area contributed by atoms with Gasteiger partial charge in [0.05, 0.1) is 38.6 Å². The maximum Gasteiger partial charge on any atom is 0.220 e. The predicted molar refractivity (Wildman–Crippen MR) is 318 cm³/mol. The van der Waals surface area contributed by atoms with Crippen molar-refractivity contribution in [1.29, 1.82) is 0 Å². The van der Waals surface area contributed by atoms with Crippen molar-refractivity contribution in [2.24, 2.45) is 0 Å². The predicted octanol–water partition coefficient (Wildman–Crippen LogP) is 5.70. The molecular formula is C64H103NO18. The number of carbonyl (C=O) groups is 1. The average molecular weight is 1170 g/mol. The van der Waals surface area contributed by atoms with Crippen molar-refractivity contribution in [3.05, 3.63) is 122 Å². The first-order chi connectivity index (χ1) is 40.3. The van der Waals surface area contributed by atoms with Crippen LogP contribution >= 0.6 is 0 Å². The lowest BCUT2D eigenvalue weighted by Gasteiger charge is -2.48. The van der Waals surface area contributed by atoms with Crippen LogP contribution in [0.25, 0.3) is 0 Å². The molecule has 3 fully saturated rings. The van der Waals surface area contributed by atoms with Crippen molar-refractivity contribution in [2.45, 2.75) is 247 Å². The molecule has 0 aliphatic carbocycles. The lowest BCUT2D eigenvalue weighted by atomic mass is 9.96. The van der Waals surface area contributed by atoms with E-state index in [1.807, 2.05) is 0 Å². The molecule has 3 rings (SSSR count). The minimum absolute atomic E-state index is 0.183. The van der Waals surface area contributed by atoms with Gasteiger partial charge >= 0.3 is 0 Å². The number of aliphatic hydroxyl groups excluding tert-OH is 11. The number of carbonyl (C=O) groups excluding carboxylic acids is 1. The highest BCUT2D eigenvalue weighted by Gasteiger charge is 2.53. The van der Waals surface area contributed by atoms with Gasteiger partial charge in [-0.25, -0.2) is 0 Å². The number of ether oxygens (including phenoxy) is 6. The second-order valence-electron chi connectivity index (χ2n) is 21.1. The first-order valence-corrected chi connectivity index (χ1v) is 30.3. The summed E-state index contributed by atoms with van der Waals surface area (Å²) in [4.78, 5) is 13.3. The first kappa shape index (κ1) is 73.4. The van der Waals surface area contributed by atoms with E-state index in [9.17, 15) is 61.0 Å². The SMILES string of the molecule is CC/C=C\C/C=C\C/C=C\C/C=C\C/C=C\C/C=C\C/C=C\CCCCCC(=O)NC(COC1OC(CO)C(OC2OC(CO)C(OC3OC(CO)C(O)C(O)C3O)C(O)C2O)C(O)C1O)C(O)/C=C/CC/C=C/CC/C=C/CCCCC. The van der Waals surface area contributed by atoms with E-state index in [2.05, 4.69) is 129 Å². The average Bonchev–Trinajstić information content (AvgIpc) is 3.57. The summed E-state index contributed by atoms with van der Waals surface area (Å²) in [5, 5.41) is 120. The van der Waals surface area contributed by atoms with E-state index in [-0.39, 0.29) is 12.3 Å². The Labute approximate surface area is 493 Å². The molecule has 472 valence electrons. The minimum atomic E-state index is -1.99. The van der Waals surface area contributed by atoms with Gasteiger partial charge in [0.1, 0.15) is 73.2 Å². The molecule has 17 atom stereocenters. The third-order valence-corrected chi connectivity index (χ3v) is 14.2. The van der Waals surface area contributed by atoms with Crippen LogP contribution < -0.4 is 5.32 Å². The maximum atomic E-state index is 13.3. The molecule has 12 N–H and O–H groups in total. The summed E-state index contributed by atoms with van der Waals surface area (Å²) < 4.78 is 34.2. The largest absolute Gasteiger partial charge is 0.394 e. The Hall–Kier alpha value is -3.81. The summed E-state index contributed by atoms with van der Waals surface area (Å²) in [7, 11) is 0. The Morgan fingerprint density at radius 2 is 0.843 bits per heavy atom. The second kappa shape index (κ2) is 45.5. The molecule has 83 heavy (non-hydrogen) atoms. The van der Waals surface area contributed by atoms with Gasteiger partial charge < -0.3 is 89.9 Å². The number of hydrogen-bond acceptors (Lipinski definition) is 18. The molecule has 0 radical (unpaired) electrons. The van der Waals surface area contributed by atoms with E-state index in [1.54, 1.807) is 12.2 Å². The fourth-order valence-electron chi connectivity index (χ4n) is 9.26. The van der Waals surface area contributed by atoms with Crippen LogP contribution in [0.5, 0.6) is 0 Å². The van der Waals surface area contributed by atoms with E-state index in [4.69, 9.17) is 28.4 Å². The van der Waals surface area contributed by atoms with E-state index >= 15 is 0 Å². The van der Waals surface area contributed by atoms with Gasteiger partial charge in [-0.3, -0.25) is 4.79 Å². The van der Waals surface area contributed by atoms with Crippen molar-refractivity contribution in [2.75, 3.05) is 26.4 Å². The molecule has 17 unspecified atom stereocenters. The zero-order valence-corrected chi connectivity index (χ0v) is 49.1. The molecular weight excluding hydrogens is 1070 g/mol. The molecule has 0 aromatic heterocycles. The fourth-order valence-corrected chi connectivity index (χ4v) is 9.26. The number of nitrogens with one attached hydrogen (secondary N) is 1. The summed E-state index contributed by atoms with van der Waals surface area (Å²) in [6.07, 6.45) is 33.2. The zero-order chi connectivity index (χ0) is 60.5. The van der Waals surface area contributed by atoms with E-state index in [0.717, 1.165) is 89.9 Å². The molecule has 0 saturated carbocycles. The van der Waals surface area contributed by atoms with Gasteiger partial charge in [0, 0.05) is 6.42 Å². The van der Waals surface area contributed by atoms with Crippen LogP contribution in [0.1, 0.15) is 142 Å². The third-order valence-electron chi connectivity index (χ3n) is 14.2. The number of unbranched alkanes of at least 4 members (excludes halogenated alkanes) is 8. The summed E-state index contributed by atoms with van der Waals surface area (Å²) in [6, 6.07) is -1.02. The topological polar surface area (TPSA) is 307 Å². The maximum absolute atomic E-state index is 13.3. The molecule has 0 aromatic rings. The molecule has 0 bridgehead atoms. The van der Waals surface area contributed by atoms with Gasteiger partial charge in [-0.05, 0) is 103 Å². The van der Waals surface area contributed by atoms with Gasteiger partial charge in [0.25, 0.3) is 0 Å². The quantitative estimate of drug-likeness (QED) is 0.0258. The Morgan fingerprint density at radius 3 is 1.33 bits per heavy atom. The van der Waals surface area contributed by atoms with Crippen molar-refractivity contribution in [1.82, 2.24) is 5.32 Å². The molecule has 0 aromatic carbocycles. The van der Waals surface area contributed by atoms with Crippen molar-refractivity contribution in [3.63, 3.8) is 0 Å². The Balaban J connectivity index is 1.50. The smallest absolute Gasteiger partial charge is 0.220 e. The summed E-state index contributed by atoms with van der Waals surface area (Å²) in [5.41, 5.74) is 0. The van der Waals surface area contributed by atoms with Crippen LogP contribution in [0.3, 0.4) is 0 Å². The molecule has 1 amide bonds. The third kappa shape index (κ3) is 29.0. The first-order valence-electron chi connectivity index (χ1n) is 30.3. The Bertz CT molecular complexity index is 1980. The fraction of sp³-hybridized carbons (Fsp3) is 0.672. The van der Waals surface area contributed by atoms with Crippen molar-refractivity contribution in [3.8, 4) is 0 Å². The number of aliphatic hydroxyl groups is 11. The second-order valence-corrected chi connectivity index (χ2v) is 21.1. The number of amides is 1. The van der Waals surface area contributed by atoms with Crippen LogP contribution in [0.4, 0.5) is 0 Å². The van der Waals surface area contributed by atoms with E-state index in [1.165, 1.54) is 19.3 Å². The molecule has 19 heteroatoms. The zero-order valence-electron chi connectivity index (χ0n) is 49.1. The van der Waals surface area contributed by atoms with Gasteiger partial charge in [0.2, 0.25) is 5.91 Å². The highest BCUT2D eigenvalue weighted by atomic mass is 16.8. The van der Waals surface area contributed by atoms with E-state index < -0.39 is 131 Å². The summed E-state index contributed by atoms with van der Waals surface area (Å²) in [6.45, 7) is 1.48. The monoisotopic (exact) mass is 1170 g/mol. The minimum Gasteiger partial charge on any atom is -0.394 e. The van der Waals surface area contributed by atoms with Crippen LogP contribution in [0.2, 0.25) is 0 Å². The molecule has 3 saturated heterocycles. The highest BCUT2D eigenvalue weighted by molar-refractivity contribution is 5.76. The number of hydrogen-bond donors (Lipinski definition) is 12. The molecule has 3 aliphatic heterocycles. The molecule has 19 nitrogen and oxygen atoms in total. The lowest BCUT2D eigenvalue weighted by molar-refractivity contribution is -0.379. The van der Waals surface area contributed by atoms with Gasteiger partial charge in [0.15, 0.2) is 18.9 Å². The van der Waals surface area contributed by atoms with Gasteiger partial charge in [-0.15, -0.1) is 0 Å². The lowest BCUT2D eigenvalue weighted by Crippen LogP contribution is -2.66. The van der Waals surface area contributed by atoms with Crippen LogP contribution in [-0.2, 0) is 33.2 Å². The Kier molecular flexibility index (Phi) is 40.3. The standard InChI is InChI=1S/C64H103NO18/c1-3-5-7-9-11-13-15-17-18-19-20-21-22-23-24-25-26-27-28-30-32-34-36-38-40-42-52(70)65-47(48(69)41-39-37-35-33-31-29-16-14-12-10-8-6-4-2)46-78-62-58(76)55(73)60(50(44-67)80-62)83-64-59(77)56(74)61(51(45-68)81-64)82-63-57(75)54(72)53(71)49(43-66)79-63/h5,7,11-14,17-18,20-21,23-24,26-27,30-33,39,41,47-51,53-64,66-69,71-77H,3-4,6,8-10,15-16,19,22,25,28-29,34-38,40,42-46H2,1-2H3,(H,65,70)/b7-5-,13-11-,14-12+,18-17-,21-20-,24-23-,27-26-,32-30-,33-31+,41-39+. The molecule has 3 heterocycles. The normalized spacial score (nSPS) is 30.3. The van der Waals surface area contributed by atoms with Gasteiger partial charge in [-0.1, -0.05) is 155 Å². The highest BCUT2D eigenvalue weighted by Crippen LogP contribution is 2.33. The Morgan fingerprint density at radius 1 is 0.446 bits per heavy atom.